The van der Waals surface area contributed by atoms with Gasteiger partial charge in [-0.05, 0) is 74.5 Å². The Morgan fingerprint density at radius 1 is 1.09 bits per heavy atom. The van der Waals surface area contributed by atoms with E-state index in [2.05, 4.69) is 16.0 Å². The van der Waals surface area contributed by atoms with E-state index in [0.29, 0.717) is 12.2 Å². The molecule has 0 radical (unpaired) electrons. The summed E-state index contributed by atoms with van der Waals surface area (Å²) in [5, 5.41) is 7.95. The van der Waals surface area contributed by atoms with Gasteiger partial charge < -0.3 is 15.4 Å². The molecule has 2 aromatic rings. The number of thioether (sulfide) groups is 1. The minimum Gasteiger partial charge on any atom is -0.457 e. The molecule has 3 N–H and O–H groups in total. The molecular formula is C24H27N3O4S. The monoisotopic (exact) mass is 453 g/mol. The van der Waals surface area contributed by atoms with Gasteiger partial charge in [0.05, 0.1) is 11.3 Å². The summed E-state index contributed by atoms with van der Waals surface area (Å²) in [7, 11) is 0. The molecule has 4 rings (SSSR count). The van der Waals surface area contributed by atoms with Crippen LogP contribution >= 0.6 is 11.8 Å². The fraction of sp³-hybridized carbons (Fsp3) is 0.375. The smallest absolute Gasteiger partial charge is 0.286 e. The fourth-order valence-electron chi connectivity index (χ4n) is 3.92. The van der Waals surface area contributed by atoms with Crippen molar-refractivity contribution in [3.05, 3.63) is 59.7 Å². The van der Waals surface area contributed by atoms with Crippen LogP contribution in [0.2, 0.25) is 0 Å². The molecule has 0 spiro atoms. The molecule has 3 unspecified atom stereocenters. The van der Waals surface area contributed by atoms with Crippen LogP contribution < -0.4 is 20.7 Å². The maximum absolute atomic E-state index is 12.2. The number of rotatable bonds is 8. The number of benzene rings is 2. The van der Waals surface area contributed by atoms with Crippen LogP contribution in [0.3, 0.4) is 0 Å². The zero-order valence-corrected chi connectivity index (χ0v) is 18.7. The second-order valence-electron chi connectivity index (χ2n) is 8.24. The van der Waals surface area contributed by atoms with E-state index in [-0.39, 0.29) is 34.4 Å². The van der Waals surface area contributed by atoms with Gasteiger partial charge in [0.15, 0.2) is 0 Å². The van der Waals surface area contributed by atoms with Gasteiger partial charge in [-0.3, -0.25) is 19.7 Å². The number of hydrogen-bond acceptors (Lipinski definition) is 6. The van der Waals surface area contributed by atoms with Gasteiger partial charge in [0.2, 0.25) is 11.8 Å². The first kappa shape index (κ1) is 22.4. The highest BCUT2D eigenvalue weighted by molar-refractivity contribution is 8.15. The number of ether oxygens (including phenoxy) is 1. The first-order chi connectivity index (χ1) is 15.5. The molecular weight excluding hydrogens is 426 g/mol. The molecule has 0 aromatic heterocycles. The molecule has 8 heteroatoms. The fourth-order valence-corrected chi connectivity index (χ4v) is 4.78. The molecule has 32 heavy (non-hydrogen) atoms. The molecule has 2 aliphatic heterocycles. The van der Waals surface area contributed by atoms with Crippen LogP contribution in [0.15, 0.2) is 48.5 Å². The van der Waals surface area contributed by atoms with Gasteiger partial charge in [0.25, 0.3) is 5.24 Å². The van der Waals surface area contributed by atoms with Crippen molar-refractivity contribution in [2.75, 3.05) is 6.54 Å². The Morgan fingerprint density at radius 2 is 1.75 bits per heavy atom. The van der Waals surface area contributed by atoms with Crippen LogP contribution in [0.4, 0.5) is 4.79 Å². The number of carbonyl (C=O) groups excluding carboxylic acids is 3. The summed E-state index contributed by atoms with van der Waals surface area (Å²) in [4.78, 5) is 35.2. The van der Waals surface area contributed by atoms with Crippen molar-refractivity contribution in [1.29, 1.82) is 0 Å². The van der Waals surface area contributed by atoms with Crippen LogP contribution in [0.5, 0.6) is 11.5 Å². The van der Waals surface area contributed by atoms with Gasteiger partial charge in [0, 0.05) is 6.04 Å². The van der Waals surface area contributed by atoms with Gasteiger partial charge in [-0.15, -0.1) is 0 Å². The lowest BCUT2D eigenvalue weighted by Gasteiger charge is -2.17. The highest BCUT2D eigenvalue weighted by atomic mass is 32.2. The molecule has 0 aliphatic carbocycles. The lowest BCUT2D eigenvalue weighted by Crippen LogP contribution is -2.44. The predicted octanol–water partition coefficient (Wildman–Crippen LogP) is 3.17. The summed E-state index contributed by atoms with van der Waals surface area (Å²) in [6.45, 7) is 2.93. The van der Waals surface area contributed by atoms with E-state index in [1.807, 2.05) is 55.5 Å². The van der Waals surface area contributed by atoms with Gasteiger partial charge in [-0.25, -0.2) is 0 Å². The Kier molecular flexibility index (Phi) is 7.12. The Hall–Kier alpha value is -2.84. The largest absolute Gasteiger partial charge is 0.457 e. The Balaban J connectivity index is 1.26. The van der Waals surface area contributed by atoms with Crippen molar-refractivity contribution >= 4 is 28.8 Å². The van der Waals surface area contributed by atoms with Crippen molar-refractivity contribution in [1.82, 2.24) is 16.0 Å². The molecule has 3 atom stereocenters. The number of hydrogen-bond donors (Lipinski definition) is 3. The van der Waals surface area contributed by atoms with E-state index < -0.39 is 0 Å². The van der Waals surface area contributed by atoms with Crippen molar-refractivity contribution in [3.63, 3.8) is 0 Å². The Bertz CT molecular complexity index is 972. The van der Waals surface area contributed by atoms with E-state index in [4.69, 9.17) is 4.74 Å². The summed E-state index contributed by atoms with van der Waals surface area (Å²) in [5.41, 5.74) is 2.10. The number of amides is 3. The number of nitrogens with one attached hydrogen (secondary N) is 3. The van der Waals surface area contributed by atoms with Gasteiger partial charge >= 0.3 is 0 Å². The standard InChI is InChI=1S/C24H27N3O4S/c1-15(26-22(28)20-3-2-12-25-20)13-16-4-8-18(9-5-16)31-19-10-6-17(7-11-19)14-21-23(29)27-24(30)32-21/h4-11,15,20-21,25H,2-3,12-14H2,1H3,(H,26,28)(H,27,29,30). The third kappa shape index (κ3) is 5.89. The summed E-state index contributed by atoms with van der Waals surface area (Å²) in [6.07, 6.45) is 3.21. The average molecular weight is 454 g/mol. The summed E-state index contributed by atoms with van der Waals surface area (Å²) in [6, 6.07) is 15.4. The molecule has 0 saturated carbocycles. The second-order valence-corrected chi connectivity index (χ2v) is 9.42. The van der Waals surface area contributed by atoms with E-state index in [9.17, 15) is 14.4 Å². The minimum absolute atomic E-state index is 0.0552. The van der Waals surface area contributed by atoms with Crippen molar-refractivity contribution in [2.24, 2.45) is 0 Å². The molecule has 0 bridgehead atoms. The van der Waals surface area contributed by atoms with Gasteiger partial charge in [-0.2, -0.15) is 0 Å². The first-order valence-corrected chi connectivity index (χ1v) is 11.8. The SMILES string of the molecule is CC(Cc1ccc(Oc2ccc(CC3SC(=O)NC3=O)cc2)cc1)NC(=O)C1CCCN1. The highest BCUT2D eigenvalue weighted by Crippen LogP contribution is 2.26. The zero-order chi connectivity index (χ0) is 22.5. The highest BCUT2D eigenvalue weighted by Gasteiger charge is 2.31. The Morgan fingerprint density at radius 3 is 2.31 bits per heavy atom. The summed E-state index contributed by atoms with van der Waals surface area (Å²) in [5.74, 6) is 1.28. The number of imide groups is 1. The number of carbonyl (C=O) groups is 3. The predicted molar refractivity (Wildman–Crippen MR) is 124 cm³/mol. The van der Waals surface area contributed by atoms with E-state index in [1.54, 1.807) is 0 Å². The van der Waals surface area contributed by atoms with Crippen LogP contribution in [0, 0.1) is 0 Å². The molecule has 3 amide bonds. The van der Waals surface area contributed by atoms with E-state index >= 15 is 0 Å². The second kappa shape index (κ2) is 10.2. The molecule has 2 fully saturated rings. The maximum atomic E-state index is 12.2. The summed E-state index contributed by atoms with van der Waals surface area (Å²) < 4.78 is 5.92. The van der Waals surface area contributed by atoms with Crippen molar-refractivity contribution in [3.8, 4) is 11.5 Å². The Labute approximate surface area is 191 Å². The zero-order valence-electron chi connectivity index (χ0n) is 17.9. The minimum atomic E-state index is -0.372. The van der Waals surface area contributed by atoms with Crippen molar-refractivity contribution in [2.45, 2.75) is 49.9 Å². The quantitative estimate of drug-likeness (QED) is 0.568. The first-order valence-electron chi connectivity index (χ1n) is 10.9. The average Bonchev–Trinajstić information content (AvgIpc) is 3.41. The van der Waals surface area contributed by atoms with E-state index in [0.717, 1.165) is 54.4 Å². The normalized spacial score (nSPS) is 21.3. The van der Waals surface area contributed by atoms with Crippen LogP contribution in [0.1, 0.15) is 30.9 Å². The maximum Gasteiger partial charge on any atom is 0.286 e. The van der Waals surface area contributed by atoms with Crippen LogP contribution in [0.25, 0.3) is 0 Å². The molecule has 2 saturated heterocycles. The molecule has 168 valence electrons. The van der Waals surface area contributed by atoms with Crippen molar-refractivity contribution < 1.29 is 19.1 Å². The summed E-state index contributed by atoms with van der Waals surface area (Å²) >= 11 is 1.03. The molecule has 2 aliphatic rings. The third-order valence-electron chi connectivity index (χ3n) is 5.58. The van der Waals surface area contributed by atoms with Gasteiger partial charge in [-0.1, -0.05) is 36.0 Å². The molecule has 2 heterocycles. The molecule has 7 nitrogen and oxygen atoms in total. The lowest BCUT2D eigenvalue weighted by atomic mass is 10.1. The third-order valence-corrected chi connectivity index (χ3v) is 6.56. The topological polar surface area (TPSA) is 96.5 Å². The van der Waals surface area contributed by atoms with E-state index in [1.165, 1.54) is 0 Å². The van der Waals surface area contributed by atoms with Crippen LogP contribution in [-0.2, 0) is 22.4 Å². The lowest BCUT2D eigenvalue weighted by molar-refractivity contribution is -0.123. The van der Waals surface area contributed by atoms with Crippen LogP contribution in [-0.4, -0.2) is 40.9 Å². The van der Waals surface area contributed by atoms with Gasteiger partial charge in [0.1, 0.15) is 11.5 Å². The molecule has 2 aromatic carbocycles.